The molecular formula is C24H39IN4O4. The van der Waals surface area contributed by atoms with Crippen LogP contribution in [0.5, 0.6) is 11.5 Å². The zero-order valence-electron chi connectivity index (χ0n) is 19.6. The fraction of sp³-hybridized carbons (Fsp3) is 0.708. The number of halogens is 1. The van der Waals surface area contributed by atoms with Crippen LogP contribution in [0.15, 0.2) is 23.2 Å². The van der Waals surface area contributed by atoms with Crippen LogP contribution in [0.2, 0.25) is 0 Å². The minimum atomic E-state index is 0. The molecule has 2 N–H and O–H groups in total. The molecule has 3 aliphatic rings. The molecule has 9 heteroatoms. The smallest absolute Gasteiger partial charge is 0.195 e. The molecule has 1 aromatic rings. The topological polar surface area (TPSA) is 76.6 Å². The Bertz CT molecular complexity index is 726. The minimum absolute atomic E-state index is 0. The van der Waals surface area contributed by atoms with Crippen molar-refractivity contribution in [3.05, 3.63) is 18.2 Å². The molecule has 0 amide bonds. The number of benzene rings is 1. The lowest BCUT2D eigenvalue weighted by Crippen LogP contribution is -2.39. The summed E-state index contributed by atoms with van der Waals surface area (Å²) < 4.78 is 22.7. The van der Waals surface area contributed by atoms with E-state index >= 15 is 0 Å². The summed E-state index contributed by atoms with van der Waals surface area (Å²) in [5.41, 5.74) is 0.943. The molecule has 0 unspecified atom stereocenters. The summed E-state index contributed by atoms with van der Waals surface area (Å²) in [5, 5.41) is 6.92. The van der Waals surface area contributed by atoms with Crippen molar-refractivity contribution in [1.82, 2.24) is 10.2 Å². The maximum atomic E-state index is 5.83. The van der Waals surface area contributed by atoms with Crippen LogP contribution in [-0.4, -0.2) is 83.2 Å². The number of guanidine groups is 1. The van der Waals surface area contributed by atoms with Gasteiger partial charge in [-0.3, -0.25) is 9.89 Å². The van der Waals surface area contributed by atoms with Gasteiger partial charge in [0.1, 0.15) is 0 Å². The lowest BCUT2D eigenvalue weighted by molar-refractivity contribution is 0.0376. The molecule has 1 aromatic carbocycles. The van der Waals surface area contributed by atoms with E-state index in [1.807, 2.05) is 18.2 Å². The Morgan fingerprint density at radius 2 is 1.88 bits per heavy atom. The predicted octanol–water partition coefficient (Wildman–Crippen LogP) is 3.36. The Kier molecular flexibility index (Phi) is 11.8. The van der Waals surface area contributed by atoms with E-state index in [4.69, 9.17) is 23.9 Å². The third kappa shape index (κ3) is 9.84. The van der Waals surface area contributed by atoms with E-state index in [-0.39, 0.29) is 24.0 Å². The first kappa shape index (κ1) is 26.3. The van der Waals surface area contributed by atoms with Crippen LogP contribution in [0.3, 0.4) is 0 Å². The molecule has 1 saturated carbocycles. The molecule has 4 rings (SSSR count). The van der Waals surface area contributed by atoms with Crippen LogP contribution in [-0.2, 0) is 9.47 Å². The van der Waals surface area contributed by atoms with Gasteiger partial charge in [0.25, 0.3) is 0 Å². The number of rotatable bonds is 11. The SMILES string of the molecule is I.c1cc2c(cc1NC(=NCCCOCC1CC1)NCCCN1CCOCC1)OCCCO2. The number of fused-ring (bicyclic) bond motifs is 1. The second-order valence-corrected chi connectivity index (χ2v) is 8.67. The standard InChI is InChI=1S/C24H38N4O4.HI/c1(10-28-11-16-29-17-12-28)8-25-24(26-9-2-13-30-19-20-4-5-20)27-21-6-7-22-23(18-21)32-15-3-14-31-22;/h6-7,18,20H,1-5,8-17,19H2,(H2,25,26,27);1H. The van der Waals surface area contributed by atoms with Gasteiger partial charge in [-0.25, -0.2) is 0 Å². The van der Waals surface area contributed by atoms with Crippen LogP contribution >= 0.6 is 24.0 Å². The second kappa shape index (κ2) is 14.9. The molecule has 0 spiro atoms. The summed E-state index contributed by atoms with van der Waals surface area (Å²) in [7, 11) is 0. The molecule has 186 valence electrons. The lowest BCUT2D eigenvalue weighted by Gasteiger charge is -2.26. The van der Waals surface area contributed by atoms with Crippen LogP contribution in [0, 0.1) is 5.92 Å². The Hall–Kier alpha value is -1.30. The Morgan fingerprint density at radius 3 is 2.70 bits per heavy atom. The van der Waals surface area contributed by atoms with Gasteiger partial charge in [0.2, 0.25) is 0 Å². The highest BCUT2D eigenvalue weighted by Gasteiger charge is 2.20. The average Bonchev–Trinajstić information content (AvgIpc) is 3.66. The monoisotopic (exact) mass is 574 g/mol. The molecule has 0 aromatic heterocycles. The zero-order chi connectivity index (χ0) is 21.8. The van der Waals surface area contributed by atoms with Crippen LogP contribution in [0.1, 0.15) is 32.1 Å². The molecule has 8 nitrogen and oxygen atoms in total. The summed E-state index contributed by atoms with van der Waals surface area (Å²) in [6, 6.07) is 5.96. The molecule has 0 radical (unpaired) electrons. The van der Waals surface area contributed by atoms with Gasteiger partial charge in [-0.15, -0.1) is 24.0 Å². The Labute approximate surface area is 214 Å². The second-order valence-electron chi connectivity index (χ2n) is 8.67. The van der Waals surface area contributed by atoms with Crippen molar-refractivity contribution >= 4 is 35.6 Å². The van der Waals surface area contributed by atoms with Gasteiger partial charge in [0, 0.05) is 57.6 Å². The van der Waals surface area contributed by atoms with Crippen molar-refractivity contribution in [3.8, 4) is 11.5 Å². The van der Waals surface area contributed by atoms with Gasteiger partial charge in [0.05, 0.1) is 26.4 Å². The first-order chi connectivity index (χ1) is 15.9. The molecule has 0 atom stereocenters. The van der Waals surface area contributed by atoms with Crippen LogP contribution in [0.4, 0.5) is 5.69 Å². The third-order valence-corrected chi connectivity index (χ3v) is 5.82. The van der Waals surface area contributed by atoms with Gasteiger partial charge in [-0.2, -0.15) is 0 Å². The maximum Gasteiger partial charge on any atom is 0.195 e. The number of hydrogen-bond donors (Lipinski definition) is 2. The average molecular weight is 575 g/mol. The zero-order valence-corrected chi connectivity index (χ0v) is 21.9. The molecule has 1 aliphatic carbocycles. The van der Waals surface area contributed by atoms with Gasteiger partial charge in [-0.05, 0) is 50.3 Å². The van der Waals surface area contributed by atoms with Crippen molar-refractivity contribution in [3.63, 3.8) is 0 Å². The largest absolute Gasteiger partial charge is 0.490 e. The van der Waals surface area contributed by atoms with Gasteiger partial charge < -0.3 is 29.6 Å². The minimum Gasteiger partial charge on any atom is -0.490 e. The fourth-order valence-electron chi connectivity index (χ4n) is 3.74. The van der Waals surface area contributed by atoms with Crippen molar-refractivity contribution < 1.29 is 18.9 Å². The summed E-state index contributed by atoms with van der Waals surface area (Å²) in [4.78, 5) is 7.23. The van der Waals surface area contributed by atoms with Gasteiger partial charge in [0.15, 0.2) is 17.5 Å². The lowest BCUT2D eigenvalue weighted by atomic mass is 10.2. The van der Waals surface area contributed by atoms with E-state index < -0.39 is 0 Å². The number of nitrogens with one attached hydrogen (secondary N) is 2. The van der Waals surface area contributed by atoms with Gasteiger partial charge >= 0.3 is 0 Å². The van der Waals surface area contributed by atoms with E-state index in [0.29, 0.717) is 13.2 Å². The molecule has 1 saturated heterocycles. The Balaban J connectivity index is 0.00000306. The normalized spacial score (nSPS) is 18.8. The van der Waals surface area contributed by atoms with E-state index in [1.165, 1.54) is 12.8 Å². The number of aliphatic imine (C=N–C) groups is 1. The number of morpholine rings is 1. The first-order valence-electron chi connectivity index (χ1n) is 12.2. The van der Waals surface area contributed by atoms with E-state index in [9.17, 15) is 0 Å². The van der Waals surface area contributed by atoms with Crippen molar-refractivity contribution in [2.75, 3.05) is 77.7 Å². The van der Waals surface area contributed by atoms with Crippen LogP contribution < -0.4 is 20.1 Å². The highest BCUT2D eigenvalue weighted by molar-refractivity contribution is 14.0. The summed E-state index contributed by atoms with van der Waals surface area (Å²) in [5.74, 6) is 3.19. The first-order valence-corrected chi connectivity index (χ1v) is 12.2. The van der Waals surface area contributed by atoms with Crippen molar-refractivity contribution in [2.24, 2.45) is 10.9 Å². The number of hydrogen-bond acceptors (Lipinski definition) is 6. The van der Waals surface area contributed by atoms with Crippen molar-refractivity contribution in [2.45, 2.75) is 32.1 Å². The predicted molar refractivity (Wildman–Crippen MR) is 141 cm³/mol. The van der Waals surface area contributed by atoms with Crippen LogP contribution in [0.25, 0.3) is 0 Å². The molecule has 2 aliphatic heterocycles. The highest BCUT2D eigenvalue weighted by Crippen LogP contribution is 2.32. The fourth-order valence-corrected chi connectivity index (χ4v) is 3.74. The molecular weight excluding hydrogens is 535 g/mol. The number of nitrogens with zero attached hydrogens (tertiary/aromatic N) is 2. The summed E-state index contributed by atoms with van der Waals surface area (Å²) >= 11 is 0. The van der Waals surface area contributed by atoms with Crippen molar-refractivity contribution in [1.29, 1.82) is 0 Å². The number of ether oxygens (including phenoxy) is 4. The van der Waals surface area contributed by atoms with E-state index in [1.54, 1.807) is 0 Å². The van der Waals surface area contributed by atoms with E-state index in [2.05, 4.69) is 15.5 Å². The number of anilines is 1. The quantitative estimate of drug-likeness (QED) is 0.182. The molecule has 0 bridgehead atoms. The van der Waals surface area contributed by atoms with E-state index in [0.717, 1.165) is 107 Å². The van der Waals surface area contributed by atoms with Gasteiger partial charge in [-0.1, -0.05) is 0 Å². The summed E-state index contributed by atoms with van der Waals surface area (Å²) in [6.07, 6.45) is 5.55. The highest BCUT2D eigenvalue weighted by atomic mass is 127. The summed E-state index contributed by atoms with van der Waals surface area (Å²) in [6.45, 7) is 9.46. The third-order valence-electron chi connectivity index (χ3n) is 5.82. The molecule has 2 fully saturated rings. The molecule has 2 heterocycles. The maximum absolute atomic E-state index is 5.83. The Morgan fingerprint density at radius 1 is 1.06 bits per heavy atom. The molecule has 33 heavy (non-hydrogen) atoms.